The third kappa shape index (κ3) is 4.68. The molecule has 1 heterocycles. The number of hydrogen-bond acceptors (Lipinski definition) is 4. The van der Waals surface area contributed by atoms with E-state index in [9.17, 15) is 14.4 Å². The Kier molecular flexibility index (Phi) is 4.70. The van der Waals surface area contributed by atoms with Crippen molar-refractivity contribution in [3.8, 4) is 0 Å². The quantitative estimate of drug-likeness (QED) is 0.474. The summed E-state index contributed by atoms with van der Waals surface area (Å²) >= 11 is 0. The maximum absolute atomic E-state index is 11.2. The van der Waals surface area contributed by atoms with Gasteiger partial charge in [0.1, 0.15) is 6.10 Å². The Bertz CT molecular complexity index is 312. The van der Waals surface area contributed by atoms with Gasteiger partial charge in [0.25, 0.3) is 0 Å². The van der Waals surface area contributed by atoms with Gasteiger partial charge in [0, 0.05) is 0 Å². The zero-order valence-electron chi connectivity index (χ0n) is 9.14. The number of nitrogens with one attached hydrogen (secondary N) is 2. The molecule has 0 aromatic rings. The summed E-state index contributed by atoms with van der Waals surface area (Å²) in [6, 6.07) is -0.214. The van der Waals surface area contributed by atoms with Gasteiger partial charge in [-0.15, -0.1) is 0 Å². The Balaban J connectivity index is 2.23. The number of primary amides is 1. The zero-order chi connectivity index (χ0) is 12.8. The fraction of sp³-hybridized carbons (Fsp3) is 0.667. The van der Waals surface area contributed by atoms with Crippen molar-refractivity contribution >= 4 is 17.9 Å². The first-order chi connectivity index (χ1) is 7.99. The van der Waals surface area contributed by atoms with Gasteiger partial charge in [0.15, 0.2) is 0 Å². The lowest BCUT2D eigenvalue weighted by Gasteiger charge is -2.27. The molecule has 5 N–H and O–H groups in total. The second-order valence-electron chi connectivity index (χ2n) is 3.72. The summed E-state index contributed by atoms with van der Waals surface area (Å²) in [5, 5.41) is 12.8. The molecule has 1 fully saturated rings. The highest BCUT2D eigenvalue weighted by molar-refractivity contribution is 5.82. The zero-order valence-corrected chi connectivity index (χ0v) is 9.14. The molecule has 1 aliphatic rings. The highest BCUT2D eigenvalue weighted by atomic mass is 16.5. The summed E-state index contributed by atoms with van der Waals surface area (Å²) < 4.78 is 5.15. The molecule has 0 unspecified atom stereocenters. The van der Waals surface area contributed by atoms with E-state index in [0.717, 1.165) is 0 Å². The maximum atomic E-state index is 11.2. The van der Waals surface area contributed by atoms with E-state index in [1.54, 1.807) is 0 Å². The summed E-state index contributed by atoms with van der Waals surface area (Å²) in [6.07, 6.45) is -0.826. The molecule has 0 saturated carbocycles. The van der Waals surface area contributed by atoms with E-state index in [1.807, 2.05) is 5.32 Å². The standard InChI is InChI=1S/C9H15N3O5/c10-8(14)6-2-1-5(4-17-6)12-7(13)3-11-9(15)16/h5-6,11H,1-4H2,(H2,10,14)(H,12,13)(H,15,16)/t5-,6-/m1/s1. The molecule has 1 rings (SSSR count). The highest BCUT2D eigenvalue weighted by Gasteiger charge is 2.26. The van der Waals surface area contributed by atoms with E-state index in [1.165, 1.54) is 0 Å². The van der Waals surface area contributed by atoms with Crippen molar-refractivity contribution in [1.82, 2.24) is 10.6 Å². The molecule has 8 nitrogen and oxygen atoms in total. The number of carboxylic acid groups (broad SMARTS) is 1. The molecule has 0 aromatic heterocycles. The second kappa shape index (κ2) is 6.04. The molecule has 3 amide bonds. The molecule has 1 saturated heterocycles. The van der Waals surface area contributed by atoms with Crippen molar-refractivity contribution in [1.29, 1.82) is 0 Å². The molecule has 2 atom stereocenters. The number of carbonyl (C=O) groups excluding carboxylic acids is 2. The minimum absolute atomic E-state index is 0.201. The Morgan fingerprint density at radius 3 is 2.53 bits per heavy atom. The Morgan fingerprint density at radius 2 is 2.06 bits per heavy atom. The summed E-state index contributed by atoms with van der Waals surface area (Å²) in [7, 11) is 0. The van der Waals surface area contributed by atoms with Crippen molar-refractivity contribution in [3.63, 3.8) is 0 Å². The van der Waals surface area contributed by atoms with E-state index in [2.05, 4.69) is 5.32 Å². The second-order valence-corrected chi connectivity index (χ2v) is 3.72. The van der Waals surface area contributed by atoms with Crippen LogP contribution >= 0.6 is 0 Å². The van der Waals surface area contributed by atoms with Gasteiger partial charge >= 0.3 is 6.09 Å². The number of rotatable bonds is 4. The van der Waals surface area contributed by atoms with Gasteiger partial charge in [-0.2, -0.15) is 0 Å². The number of ether oxygens (including phenoxy) is 1. The Hall–Kier alpha value is -1.83. The van der Waals surface area contributed by atoms with E-state index in [4.69, 9.17) is 15.6 Å². The lowest BCUT2D eigenvalue weighted by Crippen LogP contribution is -2.48. The molecular formula is C9H15N3O5. The SMILES string of the molecule is NC(=O)[C@H]1CC[C@@H](NC(=O)CNC(=O)O)CO1. The number of amides is 3. The van der Waals surface area contributed by atoms with E-state index in [-0.39, 0.29) is 19.2 Å². The van der Waals surface area contributed by atoms with Crippen molar-refractivity contribution in [3.05, 3.63) is 0 Å². The maximum Gasteiger partial charge on any atom is 0.405 e. The first-order valence-corrected chi connectivity index (χ1v) is 5.16. The minimum Gasteiger partial charge on any atom is -0.465 e. The fourth-order valence-electron chi connectivity index (χ4n) is 1.52. The number of carbonyl (C=O) groups is 3. The predicted octanol–water partition coefficient (Wildman–Crippen LogP) is -1.60. The van der Waals surface area contributed by atoms with Gasteiger partial charge in [-0.05, 0) is 12.8 Å². The molecule has 0 aromatic carbocycles. The molecule has 0 radical (unpaired) electrons. The molecule has 0 spiro atoms. The summed E-state index contributed by atoms with van der Waals surface area (Å²) in [6.45, 7) is -0.0997. The van der Waals surface area contributed by atoms with Crippen LogP contribution in [0.2, 0.25) is 0 Å². The third-order valence-corrected chi connectivity index (χ3v) is 2.36. The summed E-state index contributed by atoms with van der Waals surface area (Å²) in [5.74, 6) is -0.944. The van der Waals surface area contributed by atoms with Crippen LogP contribution in [0.25, 0.3) is 0 Å². The van der Waals surface area contributed by atoms with Crippen LogP contribution in [0.1, 0.15) is 12.8 Å². The minimum atomic E-state index is -1.26. The molecule has 1 aliphatic heterocycles. The van der Waals surface area contributed by atoms with Gasteiger partial charge in [-0.3, -0.25) is 9.59 Å². The van der Waals surface area contributed by atoms with Crippen LogP contribution in [0.3, 0.4) is 0 Å². The van der Waals surface area contributed by atoms with Crippen LogP contribution < -0.4 is 16.4 Å². The van der Waals surface area contributed by atoms with Gasteiger partial charge in [-0.25, -0.2) is 4.79 Å². The monoisotopic (exact) mass is 245 g/mol. The third-order valence-electron chi connectivity index (χ3n) is 2.36. The topological polar surface area (TPSA) is 131 Å². The van der Waals surface area contributed by atoms with Gasteiger partial charge in [-0.1, -0.05) is 0 Å². The summed E-state index contributed by atoms with van der Waals surface area (Å²) in [4.78, 5) is 32.2. The van der Waals surface area contributed by atoms with Crippen LogP contribution in [0.15, 0.2) is 0 Å². The smallest absolute Gasteiger partial charge is 0.405 e. The fourth-order valence-corrected chi connectivity index (χ4v) is 1.52. The van der Waals surface area contributed by atoms with Crippen molar-refractivity contribution in [2.45, 2.75) is 25.0 Å². The van der Waals surface area contributed by atoms with Crippen LogP contribution in [-0.2, 0) is 14.3 Å². The van der Waals surface area contributed by atoms with Gasteiger partial charge in [0.2, 0.25) is 11.8 Å². The molecule has 0 bridgehead atoms. The van der Waals surface area contributed by atoms with Crippen molar-refractivity contribution in [2.75, 3.05) is 13.2 Å². The molecule has 8 heteroatoms. The van der Waals surface area contributed by atoms with Crippen molar-refractivity contribution in [2.24, 2.45) is 5.73 Å². The Labute approximate surface area is 97.5 Å². The van der Waals surface area contributed by atoms with E-state index >= 15 is 0 Å². The van der Waals surface area contributed by atoms with Crippen LogP contribution in [-0.4, -0.2) is 48.3 Å². The van der Waals surface area contributed by atoms with Gasteiger partial charge in [0.05, 0.1) is 19.2 Å². The van der Waals surface area contributed by atoms with Crippen LogP contribution in [0.5, 0.6) is 0 Å². The average molecular weight is 245 g/mol. The molecule has 0 aliphatic carbocycles. The molecular weight excluding hydrogens is 230 g/mol. The van der Waals surface area contributed by atoms with E-state index < -0.39 is 24.0 Å². The molecule has 17 heavy (non-hydrogen) atoms. The first-order valence-electron chi connectivity index (χ1n) is 5.16. The number of nitrogens with two attached hydrogens (primary N) is 1. The first kappa shape index (κ1) is 13.2. The lowest BCUT2D eigenvalue weighted by molar-refractivity contribution is -0.133. The normalized spacial score (nSPS) is 23.8. The number of hydrogen-bond donors (Lipinski definition) is 4. The largest absolute Gasteiger partial charge is 0.465 e. The van der Waals surface area contributed by atoms with Gasteiger partial charge < -0.3 is 26.2 Å². The predicted molar refractivity (Wildman–Crippen MR) is 56.1 cm³/mol. The highest BCUT2D eigenvalue weighted by Crippen LogP contribution is 2.12. The van der Waals surface area contributed by atoms with Crippen LogP contribution in [0, 0.1) is 0 Å². The lowest BCUT2D eigenvalue weighted by atomic mass is 10.0. The molecule has 96 valence electrons. The summed E-state index contributed by atoms with van der Waals surface area (Å²) in [5.41, 5.74) is 5.07. The van der Waals surface area contributed by atoms with E-state index in [0.29, 0.717) is 12.8 Å². The van der Waals surface area contributed by atoms with Crippen molar-refractivity contribution < 1.29 is 24.2 Å². The Morgan fingerprint density at radius 1 is 1.35 bits per heavy atom. The van der Waals surface area contributed by atoms with Crippen LogP contribution in [0.4, 0.5) is 4.79 Å². The average Bonchev–Trinajstić information content (AvgIpc) is 2.27.